The fourth-order valence-corrected chi connectivity index (χ4v) is 7.28. The standard InChI is InChI=1S/C32H31FN6O6S.C2H6/c33-21-6-5-17(25-18(9-34)30(36)46-29(21)25)24-19-13-43-14-20(19)26-27(28(24)41)38-32(45-12-15-11-42-7-8-44-15)39-31(26)37-10-22(35)16-3-1-2-4-23(16)40;1-2/h5-6,15,41H,1-4,7-8,10-14,35-36H2,(H,37,38,39);1-2H3/b22-16-;. The molecule has 1 saturated heterocycles. The van der Waals surface area contributed by atoms with E-state index in [0.717, 1.165) is 24.2 Å². The van der Waals surface area contributed by atoms with Gasteiger partial charge in [0, 0.05) is 28.6 Å². The Kier molecular flexibility index (Phi) is 9.93. The zero-order valence-corrected chi connectivity index (χ0v) is 27.6. The number of halogens is 1. The molecule has 2 aromatic heterocycles. The molecular weight excluding hydrogens is 639 g/mol. The number of aromatic hydroxyl groups is 1. The van der Waals surface area contributed by atoms with E-state index in [1.807, 2.05) is 13.8 Å². The van der Waals surface area contributed by atoms with Crippen LogP contribution in [0.2, 0.25) is 0 Å². The Morgan fingerprint density at radius 1 is 1.17 bits per heavy atom. The van der Waals surface area contributed by atoms with Crippen molar-refractivity contribution in [2.24, 2.45) is 5.73 Å². The van der Waals surface area contributed by atoms with Crippen LogP contribution in [0, 0.1) is 17.1 Å². The number of ether oxygens (including phenoxy) is 4. The number of ketones is 1. The maximum absolute atomic E-state index is 15.0. The number of phenols is 1. The highest BCUT2D eigenvalue weighted by molar-refractivity contribution is 7.23. The Morgan fingerprint density at radius 3 is 2.71 bits per heavy atom. The molecule has 1 atom stereocenters. The third kappa shape index (κ3) is 6.10. The lowest BCUT2D eigenvalue weighted by Gasteiger charge is -2.23. The number of thiophene rings is 1. The molecule has 1 saturated carbocycles. The summed E-state index contributed by atoms with van der Waals surface area (Å²) in [7, 11) is 0. The summed E-state index contributed by atoms with van der Waals surface area (Å²) in [6, 6.07) is 4.87. The first-order valence-electron chi connectivity index (χ1n) is 16.0. The minimum Gasteiger partial charge on any atom is -0.505 e. The molecule has 2 fully saturated rings. The van der Waals surface area contributed by atoms with Crippen LogP contribution in [0.5, 0.6) is 11.8 Å². The molecule has 48 heavy (non-hydrogen) atoms. The van der Waals surface area contributed by atoms with Crippen molar-refractivity contribution in [1.82, 2.24) is 9.97 Å². The van der Waals surface area contributed by atoms with Gasteiger partial charge in [-0.05, 0) is 42.0 Å². The van der Waals surface area contributed by atoms with E-state index in [1.54, 1.807) is 0 Å². The zero-order chi connectivity index (χ0) is 33.9. The van der Waals surface area contributed by atoms with Crippen LogP contribution in [0.25, 0.3) is 32.1 Å². The van der Waals surface area contributed by atoms with E-state index in [1.165, 1.54) is 12.1 Å². The molecule has 4 heterocycles. The summed E-state index contributed by atoms with van der Waals surface area (Å²) in [5.41, 5.74) is 16.0. The second-order valence-corrected chi connectivity index (χ2v) is 12.4. The summed E-state index contributed by atoms with van der Waals surface area (Å²) in [4.78, 5) is 21.8. The number of nitrogen functional groups attached to an aromatic ring is 1. The molecule has 2 aliphatic heterocycles. The molecule has 7 rings (SSSR count). The highest BCUT2D eigenvalue weighted by Crippen LogP contribution is 2.50. The van der Waals surface area contributed by atoms with Crippen molar-refractivity contribution < 1.29 is 33.2 Å². The minimum absolute atomic E-state index is 0.0361. The summed E-state index contributed by atoms with van der Waals surface area (Å²) in [6.07, 6.45) is 2.49. The van der Waals surface area contributed by atoms with Gasteiger partial charge in [0.25, 0.3) is 0 Å². The van der Waals surface area contributed by atoms with Crippen LogP contribution in [0.4, 0.5) is 15.2 Å². The number of rotatable bonds is 7. The monoisotopic (exact) mass is 676 g/mol. The third-order valence-corrected chi connectivity index (χ3v) is 9.57. The first-order chi connectivity index (χ1) is 23.4. The van der Waals surface area contributed by atoms with Crippen molar-refractivity contribution in [3.8, 4) is 29.0 Å². The van der Waals surface area contributed by atoms with Gasteiger partial charge in [-0.15, -0.1) is 11.3 Å². The number of anilines is 2. The highest BCUT2D eigenvalue weighted by Gasteiger charge is 2.31. The Bertz CT molecular complexity index is 1970. The molecule has 0 radical (unpaired) electrons. The topological polar surface area (TPSA) is 188 Å². The number of carbonyl (C=O) groups excluding carboxylic acids is 1. The van der Waals surface area contributed by atoms with Crippen molar-refractivity contribution >= 4 is 48.9 Å². The number of fused-ring (bicyclic) bond motifs is 4. The van der Waals surface area contributed by atoms with Gasteiger partial charge in [0.15, 0.2) is 5.78 Å². The number of nitrogens with two attached hydrogens (primary N) is 2. The number of hydrogen-bond donors (Lipinski definition) is 4. The lowest BCUT2D eigenvalue weighted by atomic mass is 9.90. The van der Waals surface area contributed by atoms with Crippen molar-refractivity contribution in [3.63, 3.8) is 0 Å². The van der Waals surface area contributed by atoms with E-state index in [4.69, 9.17) is 30.4 Å². The molecule has 0 bridgehead atoms. The SMILES string of the molecule is CC.N#Cc1c(N)sc2c(F)ccc(-c3c4c(c5c(NC/C(N)=C6\CCCCC6=O)nc(OCC6COCCO6)nc5c3O)COC4)c12. The van der Waals surface area contributed by atoms with Crippen LogP contribution in [-0.4, -0.2) is 59.9 Å². The van der Waals surface area contributed by atoms with E-state index >= 15 is 0 Å². The number of phenolic OH excluding ortho intramolecular Hbond substituents is 1. The molecule has 6 N–H and O–H groups in total. The van der Waals surface area contributed by atoms with Crippen LogP contribution < -0.4 is 21.5 Å². The zero-order valence-electron chi connectivity index (χ0n) is 26.8. The average molecular weight is 677 g/mol. The number of nitrogens with zero attached hydrogens (tertiary/aromatic N) is 3. The van der Waals surface area contributed by atoms with Gasteiger partial charge < -0.3 is 40.8 Å². The predicted molar refractivity (Wildman–Crippen MR) is 180 cm³/mol. The Hall–Kier alpha value is -4.55. The normalized spacial score (nSPS) is 18.6. The molecular formula is C34H37FN6O6S. The number of hydrogen-bond acceptors (Lipinski definition) is 13. The van der Waals surface area contributed by atoms with Gasteiger partial charge in [-0.25, -0.2) is 4.39 Å². The number of nitrogens with one attached hydrogen (secondary N) is 1. The van der Waals surface area contributed by atoms with Gasteiger partial charge >= 0.3 is 6.01 Å². The van der Waals surface area contributed by atoms with Gasteiger partial charge in [0.05, 0.1) is 55.2 Å². The highest BCUT2D eigenvalue weighted by atomic mass is 32.1. The van der Waals surface area contributed by atoms with Gasteiger partial charge in [0.2, 0.25) is 0 Å². The molecule has 0 amide bonds. The maximum atomic E-state index is 15.0. The van der Waals surface area contributed by atoms with Crippen molar-refractivity contribution in [2.45, 2.75) is 58.8 Å². The van der Waals surface area contributed by atoms with E-state index in [0.29, 0.717) is 82.8 Å². The number of Topliss-reactive ketones (excluding diaryl/α,β-unsaturated/α-hetero) is 1. The number of aromatic nitrogens is 2. The fraction of sp³-hybridized carbons (Fsp3) is 0.412. The molecule has 252 valence electrons. The first kappa shape index (κ1) is 33.4. The largest absolute Gasteiger partial charge is 0.505 e. The molecule has 1 unspecified atom stereocenters. The number of nitriles is 1. The lowest BCUT2D eigenvalue weighted by Crippen LogP contribution is -2.33. The maximum Gasteiger partial charge on any atom is 0.319 e. The molecule has 12 nitrogen and oxygen atoms in total. The molecule has 3 aliphatic rings. The molecule has 2 aromatic carbocycles. The summed E-state index contributed by atoms with van der Waals surface area (Å²) in [6.45, 7) is 5.84. The molecule has 1 aliphatic carbocycles. The Morgan fingerprint density at radius 2 is 1.96 bits per heavy atom. The second kappa shape index (κ2) is 14.3. The molecule has 0 spiro atoms. The summed E-state index contributed by atoms with van der Waals surface area (Å²) in [5.74, 6) is -0.364. The van der Waals surface area contributed by atoms with Crippen LogP contribution in [0.3, 0.4) is 0 Å². The van der Waals surface area contributed by atoms with E-state index < -0.39 is 5.82 Å². The smallest absolute Gasteiger partial charge is 0.319 e. The predicted octanol–water partition coefficient (Wildman–Crippen LogP) is 5.43. The van der Waals surface area contributed by atoms with Crippen LogP contribution in [0.1, 0.15) is 56.2 Å². The fourth-order valence-electron chi connectivity index (χ4n) is 6.33. The number of allylic oxidation sites excluding steroid dienone is 1. The van der Waals surface area contributed by atoms with E-state index in [2.05, 4.69) is 21.4 Å². The molecule has 4 aromatic rings. The quantitative estimate of drug-likeness (QED) is 0.182. The van der Waals surface area contributed by atoms with Crippen LogP contribution in [-0.2, 0) is 32.2 Å². The van der Waals surface area contributed by atoms with Crippen molar-refractivity contribution in [1.29, 1.82) is 5.26 Å². The Balaban J connectivity index is 0.00000197. The van der Waals surface area contributed by atoms with Crippen molar-refractivity contribution in [3.05, 3.63) is 45.9 Å². The number of carbonyl (C=O) groups is 1. The van der Waals surface area contributed by atoms with Gasteiger partial charge in [-0.2, -0.15) is 15.2 Å². The van der Waals surface area contributed by atoms with Crippen molar-refractivity contribution in [2.75, 3.05) is 44.0 Å². The lowest BCUT2D eigenvalue weighted by molar-refractivity contribution is -0.116. The average Bonchev–Trinajstić information content (AvgIpc) is 3.73. The van der Waals surface area contributed by atoms with E-state index in [9.17, 15) is 19.6 Å². The summed E-state index contributed by atoms with van der Waals surface area (Å²) >= 11 is 0.977. The van der Waals surface area contributed by atoms with Gasteiger partial charge in [-0.3, -0.25) is 4.79 Å². The van der Waals surface area contributed by atoms with Crippen LogP contribution in [0.15, 0.2) is 23.4 Å². The van der Waals surface area contributed by atoms with Gasteiger partial charge in [0.1, 0.15) is 46.7 Å². The third-order valence-electron chi connectivity index (χ3n) is 8.54. The van der Waals surface area contributed by atoms with E-state index in [-0.39, 0.29) is 70.8 Å². The number of benzene rings is 2. The second-order valence-electron chi connectivity index (χ2n) is 11.4. The summed E-state index contributed by atoms with van der Waals surface area (Å²) in [5, 5.41) is 26.2. The Labute approximate surface area is 280 Å². The minimum atomic E-state index is -0.522. The summed E-state index contributed by atoms with van der Waals surface area (Å²) < 4.78 is 38.2. The van der Waals surface area contributed by atoms with Crippen LogP contribution >= 0.6 is 11.3 Å². The first-order valence-corrected chi connectivity index (χ1v) is 16.8. The molecule has 14 heteroatoms. The van der Waals surface area contributed by atoms with Gasteiger partial charge in [-0.1, -0.05) is 19.9 Å².